The van der Waals surface area contributed by atoms with E-state index < -0.39 is 18.0 Å². The van der Waals surface area contributed by atoms with E-state index in [1.807, 2.05) is 29.6 Å². The van der Waals surface area contributed by atoms with E-state index in [0.29, 0.717) is 18.0 Å². The number of nitrogens with one attached hydrogen (secondary N) is 2. The normalized spacial score (nSPS) is 11.3. The van der Waals surface area contributed by atoms with Gasteiger partial charge in [0.2, 0.25) is 5.91 Å². The molecule has 2 aromatic rings. The van der Waals surface area contributed by atoms with Crippen LogP contribution in [0.5, 0.6) is 5.75 Å². The van der Waals surface area contributed by atoms with Gasteiger partial charge in [-0.3, -0.25) is 15.1 Å². The minimum Gasteiger partial charge on any atom is -0.487 e. The molecule has 0 aliphatic heterocycles. The fourth-order valence-electron chi connectivity index (χ4n) is 1.86. The highest BCUT2D eigenvalue weighted by Crippen LogP contribution is 2.19. The van der Waals surface area contributed by atoms with Crippen molar-refractivity contribution >= 4 is 17.6 Å². The average molecular weight is 314 g/mol. The maximum atomic E-state index is 11.6. The molecule has 0 saturated carbocycles. The molecule has 0 radical (unpaired) electrons. The van der Waals surface area contributed by atoms with Crippen molar-refractivity contribution in [3.05, 3.63) is 54.4 Å². The van der Waals surface area contributed by atoms with Crippen LogP contribution in [0.15, 0.2) is 48.7 Å². The predicted molar refractivity (Wildman–Crippen MR) is 85.8 cm³/mol. The highest BCUT2D eigenvalue weighted by Gasteiger charge is 2.14. The summed E-state index contributed by atoms with van der Waals surface area (Å²) in [6.07, 6.45) is 1.70. The molecule has 3 amide bonds. The van der Waals surface area contributed by atoms with E-state index in [4.69, 9.17) is 10.5 Å². The summed E-state index contributed by atoms with van der Waals surface area (Å²) in [7, 11) is 0. The lowest BCUT2D eigenvalue weighted by Gasteiger charge is -2.15. The third-order valence-electron chi connectivity index (χ3n) is 2.97. The third-order valence-corrected chi connectivity index (χ3v) is 2.97. The SMILES string of the molecule is CC(Nc1cccc(OCc2ccccn2)c1)C(=O)NC(N)=O. The highest BCUT2D eigenvalue weighted by molar-refractivity contribution is 5.97. The van der Waals surface area contributed by atoms with Crippen molar-refractivity contribution in [2.45, 2.75) is 19.6 Å². The highest BCUT2D eigenvalue weighted by atomic mass is 16.5. The van der Waals surface area contributed by atoms with Crippen LogP contribution in [0.4, 0.5) is 10.5 Å². The predicted octanol–water partition coefficient (Wildman–Crippen LogP) is 1.66. The maximum absolute atomic E-state index is 11.6. The lowest BCUT2D eigenvalue weighted by atomic mass is 10.2. The van der Waals surface area contributed by atoms with Crippen molar-refractivity contribution in [1.82, 2.24) is 10.3 Å². The van der Waals surface area contributed by atoms with Gasteiger partial charge in [0.25, 0.3) is 0 Å². The molecule has 1 heterocycles. The van der Waals surface area contributed by atoms with Crippen molar-refractivity contribution in [3.8, 4) is 5.75 Å². The zero-order valence-corrected chi connectivity index (χ0v) is 12.7. The molecule has 0 aliphatic carbocycles. The largest absolute Gasteiger partial charge is 0.487 e. The third kappa shape index (κ3) is 5.31. The quantitative estimate of drug-likeness (QED) is 0.751. The Balaban J connectivity index is 1.94. The summed E-state index contributed by atoms with van der Waals surface area (Å²) in [4.78, 5) is 26.5. The van der Waals surface area contributed by atoms with E-state index in [1.54, 1.807) is 31.3 Å². The second-order valence-electron chi connectivity index (χ2n) is 4.86. The Morgan fingerprint density at radius 3 is 2.78 bits per heavy atom. The van der Waals surface area contributed by atoms with Gasteiger partial charge in [0.1, 0.15) is 18.4 Å². The number of hydrogen-bond acceptors (Lipinski definition) is 5. The first-order valence-corrected chi connectivity index (χ1v) is 7.04. The second-order valence-corrected chi connectivity index (χ2v) is 4.86. The molecule has 23 heavy (non-hydrogen) atoms. The number of rotatable bonds is 6. The first-order valence-electron chi connectivity index (χ1n) is 7.04. The van der Waals surface area contributed by atoms with Gasteiger partial charge in [-0.15, -0.1) is 0 Å². The van der Waals surface area contributed by atoms with Crippen molar-refractivity contribution in [2.24, 2.45) is 5.73 Å². The summed E-state index contributed by atoms with van der Waals surface area (Å²) in [6.45, 7) is 1.97. The Labute approximate surface area is 133 Å². The summed E-state index contributed by atoms with van der Waals surface area (Å²) in [5, 5.41) is 4.99. The number of nitrogens with two attached hydrogens (primary N) is 1. The molecule has 0 saturated heterocycles. The standard InChI is InChI=1S/C16H18N4O3/c1-11(15(21)20-16(17)22)19-12-6-4-7-14(9-12)23-10-13-5-2-3-8-18-13/h2-9,11,19H,10H2,1H3,(H3,17,20,21,22). The molecule has 1 aromatic carbocycles. The lowest BCUT2D eigenvalue weighted by Crippen LogP contribution is -2.43. The van der Waals surface area contributed by atoms with Crippen molar-refractivity contribution in [1.29, 1.82) is 0 Å². The van der Waals surface area contributed by atoms with E-state index >= 15 is 0 Å². The zero-order valence-electron chi connectivity index (χ0n) is 12.7. The fourth-order valence-corrected chi connectivity index (χ4v) is 1.86. The van der Waals surface area contributed by atoms with Crippen LogP contribution in [0.3, 0.4) is 0 Å². The number of benzene rings is 1. The second kappa shape index (κ2) is 7.79. The number of aromatic nitrogens is 1. The molecule has 1 aromatic heterocycles. The minimum absolute atomic E-state index is 0.349. The number of urea groups is 1. The van der Waals surface area contributed by atoms with Crippen LogP contribution in [-0.2, 0) is 11.4 Å². The molecule has 0 fully saturated rings. The van der Waals surface area contributed by atoms with Gasteiger partial charge in [-0.25, -0.2) is 4.79 Å². The van der Waals surface area contributed by atoms with Crippen LogP contribution < -0.4 is 21.1 Å². The number of ether oxygens (including phenoxy) is 1. The topological polar surface area (TPSA) is 106 Å². The van der Waals surface area contributed by atoms with Gasteiger partial charge in [0.15, 0.2) is 0 Å². The van der Waals surface area contributed by atoms with Gasteiger partial charge >= 0.3 is 6.03 Å². The van der Waals surface area contributed by atoms with E-state index in [0.717, 1.165) is 5.69 Å². The Morgan fingerprint density at radius 2 is 2.09 bits per heavy atom. The lowest BCUT2D eigenvalue weighted by molar-refractivity contribution is -0.120. The summed E-state index contributed by atoms with van der Waals surface area (Å²) < 4.78 is 5.66. The first-order chi connectivity index (χ1) is 11.0. The molecule has 7 nitrogen and oxygen atoms in total. The van der Waals surface area contributed by atoms with Crippen LogP contribution in [0.2, 0.25) is 0 Å². The van der Waals surface area contributed by atoms with Crippen LogP contribution in [0, 0.1) is 0 Å². The van der Waals surface area contributed by atoms with Gasteiger partial charge in [-0.05, 0) is 31.2 Å². The molecule has 0 bridgehead atoms. The summed E-state index contributed by atoms with van der Waals surface area (Å²) in [6, 6.07) is 11.3. The van der Waals surface area contributed by atoms with Crippen molar-refractivity contribution in [3.63, 3.8) is 0 Å². The molecule has 7 heteroatoms. The summed E-state index contributed by atoms with van der Waals surface area (Å²) >= 11 is 0. The number of carbonyl (C=O) groups is 2. The number of pyridine rings is 1. The summed E-state index contributed by atoms with van der Waals surface area (Å²) in [5.41, 5.74) is 6.43. The van der Waals surface area contributed by atoms with Gasteiger partial charge in [0, 0.05) is 18.0 Å². The minimum atomic E-state index is -0.879. The van der Waals surface area contributed by atoms with Gasteiger partial charge in [-0.2, -0.15) is 0 Å². The van der Waals surface area contributed by atoms with Crippen molar-refractivity contribution in [2.75, 3.05) is 5.32 Å². The van der Waals surface area contributed by atoms with Gasteiger partial charge in [-0.1, -0.05) is 12.1 Å². The summed E-state index contributed by atoms with van der Waals surface area (Å²) in [5.74, 6) is 0.139. The molecule has 0 aliphatic rings. The Kier molecular flexibility index (Phi) is 5.51. The fraction of sp³-hybridized carbons (Fsp3) is 0.188. The average Bonchev–Trinajstić information content (AvgIpc) is 2.53. The van der Waals surface area contributed by atoms with Crippen LogP contribution in [-0.4, -0.2) is 23.0 Å². The maximum Gasteiger partial charge on any atom is 0.318 e. The van der Waals surface area contributed by atoms with E-state index in [2.05, 4.69) is 10.3 Å². The van der Waals surface area contributed by atoms with Crippen LogP contribution in [0.25, 0.3) is 0 Å². The Morgan fingerprint density at radius 1 is 1.26 bits per heavy atom. The van der Waals surface area contributed by atoms with E-state index in [9.17, 15) is 9.59 Å². The van der Waals surface area contributed by atoms with Crippen LogP contribution in [0.1, 0.15) is 12.6 Å². The molecule has 4 N–H and O–H groups in total. The van der Waals surface area contributed by atoms with Gasteiger partial charge < -0.3 is 15.8 Å². The molecular formula is C16H18N4O3. The number of hydrogen-bond donors (Lipinski definition) is 3. The first kappa shape index (κ1) is 16.3. The Bertz CT molecular complexity index is 676. The number of nitrogens with zero attached hydrogens (tertiary/aromatic N) is 1. The number of anilines is 1. The molecule has 2 rings (SSSR count). The smallest absolute Gasteiger partial charge is 0.318 e. The molecule has 120 valence electrons. The Hall–Kier alpha value is -3.09. The molecule has 1 atom stereocenters. The molecule has 0 spiro atoms. The molecule has 1 unspecified atom stereocenters. The van der Waals surface area contributed by atoms with E-state index in [-0.39, 0.29) is 0 Å². The van der Waals surface area contributed by atoms with E-state index in [1.165, 1.54) is 0 Å². The van der Waals surface area contributed by atoms with Gasteiger partial charge in [0.05, 0.1) is 5.69 Å². The molecular weight excluding hydrogens is 296 g/mol. The zero-order chi connectivity index (χ0) is 16.7. The van der Waals surface area contributed by atoms with Crippen molar-refractivity contribution < 1.29 is 14.3 Å². The number of primary amides is 1. The van der Waals surface area contributed by atoms with Crippen LogP contribution >= 0.6 is 0 Å². The number of amides is 3. The number of carbonyl (C=O) groups excluding carboxylic acids is 2. The monoisotopic (exact) mass is 314 g/mol. The number of imide groups is 1.